The molecule has 1 aliphatic rings. The predicted octanol–water partition coefficient (Wildman–Crippen LogP) is 2.82. The van der Waals surface area contributed by atoms with Crippen molar-refractivity contribution < 1.29 is 4.79 Å². The van der Waals surface area contributed by atoms with Crippen LogP contribution in [0.1, 0.15) is 15.9 Å². The van der Waals surface area contributed by atoms with Gasteiger partial charge in [0.15, 0.2) is 5.78 Å². The number of halogens is 1. The zero-order valence-corrected chi connectivity index (χ0v) is 12.9. The maximum atomic E-state index is 12.5. The third-order valence-electron chi connectivity index (χ3n) is 3.74. The van der Waals surface area contributed by atoms with Crippen molar-refractivity contribution in [2.24, 2.45) is 0 Å². The van der Waals surface area contributed by atoms with Gasteiger partial charge in [0.1, 0.15) is 8.07 Å². The van der Waals surface area contributed by atoms with Crippen molar-refractivity contribution in [1.29, 1.82) is 0 Å². The second kappa shape index (κ2) is 3.90. The average Bonchev–Trinajstić information content (AvgIpc) is 2.36. The van der Waals surface area contributed by atoms with E-state index in [4.69, 9.17) is 0 Å². The Labute approximate surface area is 116 Å². The van der Waals surface area contributed by atoms with E-state index in [1.807, 2.05) is 30.3 Å². The number of carbonyl (C=O) groups is 1. The smallest absolute Gasteiger partial charge is 0.192 e. The minimum Gasteiger partial charge on any atom is -0.289 e. The molecule has 1 heterocycles. The molecule has 3 rings (SSSR count). The van der Waals surface area contributed by atoms with Crippen molar-refractivity contribution in [3.8, 4) is 0 Å². The Bertz CT molecular complexity index is 661. The predicted molar refractivity (Wildman–Crippen MR) is 80.8 cm³/mol. The number of fused-ring (bicyclic) bond motifs is 2. The van der Waals surface area contributed by atoms with Crippen molar-refractivity contribution in [2.75, 3.05) is 0 Å². The molecule has 0 radical (unpaired) electrons. The van der Waals surface area contributed by atoms with E-state index in [1.54, 1.807) is 0 Å². The van der Waals surface area contributed by atoms with Crippen LogP contribution in [0, 0.1) is 0 Å². The molecule has 0 unspecified atom stereocenters. The van der Waals surface area contributed by atoms with Crippen LogP contribution >= 0.6 is 15.9 Å². The van der Waals surface area contributed by atoms with Gasteiger partial charge in [-0.2, -0.15) is 0 Å². The summed E-state index contributed by atoms with van der Waals surface area (Å²) in [5.41, 5.74) is 1.78. The minimum absolute atomic E-state index is 0.167. The van der Waals surface area contributed by atoms with Crippen LogP contribution in [-0.4, -0.2) is 13.9 Å². The Balaban J connectivity index is 2.37. The molecule has 0 aromatic heterocycles. The zero-order valence-electron chi connectivity index (χ0n) is 10.3. The van der Waals surface area contributed by atoms with Gasteiger partial charge in [0.2, 0.25) is 0 Å². The summed E-state index contributed by atoms with van der Waals surface area (Å²) in [6.07, 6.45) is 0. The van der Waals surface area contributed by atoms with E-state index in [0.717, 1.165) is 15.6 Å². The van der Waals surface area contributed by atoms with Crippen LogP contribution in [0.5, 0.6) is 0 Å². The topological polar surface area (TPSA) is 17.1 Å². The van der Waals surface area contributed by atoms with Crippen LogP contribution in [0.4, 0.5) is 0 Å². The van der Waals surface area contributed by atoms with Crippen LogP contribution in [0.3, 0.4) is 0 Å². The molecular weight excluding hydrogens is 304 g/mol. The van der Waals surface area contributed by atoms with Gasteiger partial charge >= 0.3 is 0 Å². The summed E-state index contributed by atoms with van der Waals surface area (Å²) in [4.78, 5) is 12.5. The molecule has 90 valence electrons. The molecule has 0 saturated carbocycles. The molecule has 2 aromatic carbocycles. The summed E-state index contributed by atoms with van der Waals surface area (Å²) >= 11 is 3.51. The molecule has 0 bridgehead atoms. The first-order valence-corrected chi connectivity index (χ1v) is 9.75. The Kier molecular flexibility index (Phi) is 2.57. The lowest BCUT2D eigenvalue weighted by Crippen LogP contribution is -2.59. The Morgan fingerprint density at radius 3 is 2.39 bits per heavy atom. The van der Waals surface area contributed by atoms with Gasteiger partial charge in [-0.1, -0.05) is 59.4 Å². The van der Waals surface area contributed by atoms with E-state index in [1.165, 1.54) is 10.4 Å². The van der Waals surface area contributed by atoms with Gasteiger partial charge in [-0.25, -0.2) is 0 Å². The molecule has 0 fully saturated rings. The molecule has 0 spiro atoms. The van der Waals surface area contributed by atoms with Crippen LogP contribution in [0.15, 0.2) is 46.9 Å². The highest BCUT2D eigenvalue weighted by molar-refractivity contribution is 9.10. The Hall–Kier alpha value is -1.19. The first-order valence-electron chi connectivity index (χ1n) is 5.96. The third-order valence-corrected chi connectivity index (χ3v) is 7.78. The Morgan fingerprint density at radius 1 is 0.944 bits per heavy atom. The quantitative estimate of drug-likeness (QED) is 0.683. The van der Waals surface area contributed by atoms with Crippen molar-refractivity contribution >= 4 is 40.2 Å². The van der Waals surface area contributed by atoms with E-state index < -0.39 is 8.07 Å². The van der Waals surface area contributed by atoms with Gasteiger partial charge in [-0.15, -0.1) is 0 Å². The lowest BCUT2D eigenvalue weighted by molar-refractivity contribution is 0.104. The minimum atomic E-state index is -1.76. The highest BCUT2D eigenvalue weighted by Crippen LogP contribution is 2.22. The van der Waals surface area contributed by atoms with Crippen molar-refractivity contribution in [2.45, 2.75) is 13.1 Å². The van der Waals surface area contributed by atoms with E-state index in [2.05, 4.69) is 41.2 Å². The van der Waals surface area contributed by atoms with Crippen molar-refractivity contribution in [3.63, 3.8) is 0 Å². The highest BCUT2D eigenvalue weighted by atomic mass is 79.9. The van der Waals surface area contributed by atoms with Crippen LogP contribution in [0.2, 0.25) is 13.1 Å². The summed E-state index contributed by atoms with van der Waals surface area (Å²) in [6, 6.07) is 14.1. The first-order chi connectivity index (χ1) is 8.51. The third kappa shape index (κ3) is 1.54. The summed E-state index contributed by atoms with van der Waals surface area (Å²) in [6.45, 7) is 4.62. The number of carbonyl (C=O) groups excluding carboxylic acids is 1. The lowest BCUT2D eigenvalue weighted by atomic mass is 10.0. The first kappa shape index (κ1) is 11.9. The standard InChI is InChI=1S/C15H13BrOSi/c1-18(2)13-6-4-3-5-11(13)15(17)12-8-7-10(16)9-14(12)18/h3-9H,1-2H3. The maximum Gasteiger partial charge on any atom is 0.192 e. The molecule has 3 heteroatoms. The van der Waals surface area contributed by atoms with Gasteiger partial charge in [0, 0.05) is 15.6 Å². The normalized spacial score (nSPS) is 16.1. The highest BCUT2D eigenvalue weighted by Gasteiger charge is 2.38. The molecule has 0 atom stereocenters. The fraction of sp³-hybridized carbons (Fsp3) is 0.133. The summed E-state index contributed by atoms with van der Waals surface area (Å²) in [7, 11) is -1.76. The van der Waals surface area contributed by atoms with E-state index >= 15 is 0 Å². The molecule has 0 aliphatic carbocycles. The lowest BCUT2D eigenvalue weighted by Gasteiger charge is -2.32. The van der Waals surface area contributed by atoms with Gasteiger partial charge in [0.25, 0.3) is 0 Å². The monoisotopic (exact) mass is 316 g/mol. The number of hydrogen-bond acceptors (Lipinski definition) is 1. The largest absolute Gasteiger partial charge is 0.289 e. The SMILES string of the molecule is C[Si]1(C)c2ccccc2C(=O)c2ccc(Br)cc21. The average molecular weight is 317 g/mol. The number of rotatable bonds is 0. The summed E-state index contributed by atoms with van der Waals surface area (Å²) in [5, 5.41) is 2.49. The molecule has 2 aromatic rings. The molecule has 0 N–H and O–H groups in total. The van der Waals surface area contributed by atoms with Gasteiger partial charge in [-0.05, 0) is 22.5 Å². The number of benzene rings is 2. The van der Waals surface area contributed by atoms with Gasteiger partial charge < -0.3 is 0 Å². The summed E-state index contributed by atoms with van der Waals surface area (Å²) < 4.78 is 1.05. The molecule has 18 heavy (non-hydrogen) atoms. The molecular formula is C15H13BrOSi. The number of ketones is 1. The number of hydrogen-bond donors (Lipinski definition) is 0. The molecule has 1 nitrogen and oxygen atoms in total. The molecule has 1 aliphatic heterocycles. The van der Waals surface area contributed by atoms with Gasteiger partial charge in [0.05, 0.1) is 0 Å². The van der Waals surface area contributed by atoms with Crippen LogP contribution in [-0.2, 0) is 0 Å². The molecule has 0 amide bonds. The fourth-order valence-corrected chi connectivity index (χ4v) is 6.38. The van der Waals surface area contributed by atoms with E-state index in [9.17, 15) is 4.79 Å². The maximum absolute atomic E-state index is 12.5. The second-order valence-corrected chi connectivity index (χ2v) is 10.4. The fourth-order valence-electron chi connectivity index (χ4n) is 2.75. The van der Waals surface area contributed by atoms with E-state index in [-0.39, 0.29) is 5.78 Å². The second-order valence-electron chi connectivity index (χ2n) is 5.19. The van der Waals surface area contributed by atoms with Crippen molar-refractivity contribution in [3.05, 3.63) is 58.1 Å². The Morgan fingerprint density at radius 2 is 1.61 bits per heavy atom. The summed E-state index contributed by atoms with van der Waals surface area (Å²) in [5.74, 6) is 0.167. The van der Waals surface area contributed by atoms with Crippen LogP contribution in [0.25, 0.3) is 0 Å². The zero-order chi connectivity index (χ0) is 12.9. The molecule has 0 saturated heterocycles. The van der Waals surface area contributed by atoms with Gasteiger partial charge in [-0.3, -0.25) is 4.79 Å². The van der Waals surface area contributed by atoms with E-state index in [0.29, 0.717) is 0 Å². The van der Waals surface area contributed by atoms with Crippen LogP contribution < -0.4 is 10.4 Å². The van der Waals surface area contributed by atoms with Crippen molar-refractivity contribution in [1.82, 2.24) is 0 Å².